The van der Waals surface area contributed by atoms with E-state index in [9.17, 15) is 23.2 Å². The van der Waals surface area contributed by atoms with Crippen molar-refractivity contribution in [2.45, 2.75) is 43.9 Å². The number of halogens is 2. The summed E-state index contributed by atoms with van der Waals surface area (Å²) in [6, 6.07) is 0.725. The van der Waals surface area contributed by atoms with Crippen LogP contribution in [0.15, 0.2) is 40.0 Å². The molecule has 0 bridgehead atoms. The lowest BCUT2D eigenvalue weighted by molar-refractivity contribution is -0.136. The number of aromatic nitrogens is 1. The third kappa shape index (κ3) is 4.46. The highest BCUT2D eigenvalue weighted by Gasteiger charge is 2.50. The Morgan fingerprint density at radius 2 is 2.05 bits per heavy atom. The van der Waals surface area contributed by atoms with Gasteiger partial charge in [0, 0.05) is 49.5 Å². The van der Waals surface area contributed by atoms with E-state index in [-0.39, 0.29) is 35.8 Å². The number of aldehydes is 1. The number of carbonyl (C=O) groups is 3. The number of amides is 2. The van der Waals surface area contributed by atoms with Gasteiger partial charge in [-0.15, -0.1) is 11.3 Å². The molecule has 6 rings (SSSR count). The summed E-state index contributed by atoms with van der Waals surface area (Å²) in [7, 11) is 1.24. The fourth-order valence-electron chi connectivity index (χ4n) is 5.83. The summed E-state index contributed by atoms with van der Waals surface area (Å²) in [5, 5.41) is 5.55. The molecular formula is C27H28F2N6O4S. The van der Waals surface area contributed by atoms with E-state index in [1.54, 1.807) is 16.5 Å². The number of rotatable bonds is 7. The zero-order valence-electron chi connectivity index (χ0n) is 22.0. The van der Waals surface area contributed by atoms with Crippen molar-refractivity contribution in [3.05, 3.63) is 62.7 Å². The third-order valence-electron chi connectivity index (χ3n) is 8.05. The number of aliphatic imine (C=N–C) groups is 1. The number of piperazine rings is 1. The molecule has 2 amide bonds. The summed E-state index contributed by atoms with van der Waals surface area (Å²) >= 11 is 1.33. The van der Waals surface area contributed by atoms with Crippen LogP contribution in [0.25, 0.3) is 0 Å². The highest BCUT2D eigenvalue weighted by atomic mass is 32.1. The second kappa shape index (κ2) is 10.4. The molecule has 1 aliphatic carbocycles. The zero-order chi connectivity index (χ0) is 28.1. The number of nitrogens with one attached hydrogen (secondary N) is 1. The number of thiazole rings is 1. The Hall–Kier alpha value is -3.71. The minimum absolute atomic E-state index is 0.0268. The second-order valence-electron chi connectivity index (χ2n) is 10.3. The number of benzene rings is 1. The Labute approximate surface area is 233 Å². The van der Waals surface area contributed by atoms with Gasteiger partial charge in [-0.1, -0.05) is 6.07 Å². The lowest BCUT2D eigenvalue weighted by Crippen LogP contribution is -2.60. The Bertz CT molecular complexity index is 1430. The van der Waals surface area contributed by atoms with Crippen molar-refractivity contribution < 1.29 is 27.9 Å². The van der Waals surface area contributed by atoms with Crippen molar-refractivity contribution in [1.29, 1.82) is 0 Å². The van der Waals surface area contributed by atoms with Crippen molar-refractivity contribution >= 4 is 35.5 Å². The van der Waals surface area contributed by atoms with Gasteiger partial charge in [-0.3, -0.25) is 9.89 Å². The number of fused-ring (bicyclic) bond motifs is 1. The van der Waals surface area contributed by atoms with E-state index < -0.39 is 29.7 Å². The van der Waals surface area contributed by atoms with Crippen LogP contribution >= 0.6 is 11.3 Å². The summed E-state index contributed by atoms with van der Waals surface area (Å²) in [5.74, 6) is -2.34. The molecule has 1 unspecified atom stereocenters. The van der Waals surface area contributed by atoms with Crippen molar-refractivity contribution in [2.75, 3.05) is 33.3 Å². The molecule has 40 heavy (non-hydrogen) atoms. The number of esters is 1. The summed E-state index contributed by atoms with van der Waals surface area (Å²) in [4.78, 5) is 53.3. The molecule has 13 heteroatoms. The van der Waals surface area contributed by atoms with Crippen molar-refractivity contribution in [3.8, 4) is 0 Å². The molecule has 10 nitrogen and oxygen atoms in total. The van der Waals surface area contributed by atoms with E-state index in [1.165, 1.54) is 31.4 Å². The van der Waals surface area contributed by atoms with Gasteiger partial charge in [-0.2, -0.15) is 0 Å². The fraction of sp³-hybridized carbons (Fsp3) is 0.444. The molecule has 3 aliphatic heterocycles. The first-order chi connectivity index (χ1) is 19.3. The Morgan fingerprint density at radius 1 is 1.25 bits per heavy atom. The number of methoxy groups -OCH3 is 1. The Kier molecular flexibility index (Phi) is 6.87. The number of ether oxygens (including phenoxy) is 1. The molecule has 0 spiro atoms. The van der Waals surface area contributed by atoms with Crippen LogP contribution < -0.4 is 5.32 Å². The Morgan fingerprint density at radius 3 is 2.73 bits per heavy atom. The van der Waals surface area contributed by atoms with Gasteiger partial charge in [0.25, 0.3) is 0 Å². The maximum absolute atomic E-state index is 14.7. The van der Waals surface area contributed by atoms with Crippen LogP contribution in [0.1, 0.15) is 35.0 Å². The van der Waals surface area contributed by atoms with E-state index in [4.69, 9.17) is 9.73 Å². The topological polar surface area (TPSA) is 107 Å². The maximum atomic E-state index is 14.7. The molecule has 3 fully saturated rings. The molecule has 1 N–H and O–H groups in total. The number of urea groups is 1. The SMILES string of the molecule is COC(=O)C1=C(CN2CCN3C(=O)N(C4CC4)CC3[C@@H]2C=O)NC(c2nccs2)=N[C@H]1c1ccc(F)c(F)c1C. The molecule has 210 valence electrons. The van der Waals surface area contributed by atoms with Crippen molar-refractivity contribution in [1.82, 2.24) is 25.0 Å². The Balaban J connectivity index is 1.40. The van der Waals surface area contributed by atoms with Crippen LogP contribution in [0.3, 0.4) is 0 Å². The molecule has 1 aromatic heterocycles. The molecule has 4 aliphatic rings. The smallest absolute Gasteiger partial charge is 0.338 e. The van der Waals surface area contributed by atoms with Gasteiger partial charge in [0.1, 0.15) is 12.3 Å². The largest absolute Gasteiger partial charge is 0.466 e. The monoisotopic (exact) mass is 570 g/mol. The number of hydrogen-bond donors (Lipinski definition) is 1. The quantitative estimate of drug-likeness (QED) is 0.403. The minimum Gasteiger partial charge on any atom is -0.466 e. The van der Waals surface area contributed by atoms with Crippen LogP contribution in [0.4, 0.5) is 13.6 Å². The highest BCUT2D eigenvalue weighted by molar-refractivity contribution is 7.11. The standard InChI is InChI=1S/C27H28F2N6O4S/c1-14-16(5-6-17(28)22(14)29)23-21(26(37)39-2)18(31-24(32-23)25-30-7-10-40-25)11-33-8-9-34-19(20(33)13-36)12-35(27(34)38)15-3-4-15/h5-7,10,13,15,19-20,23H,3-4,8-9,11-12H2,1-2H3,(H,31,32)/t19?,20-,23-/m0/s1. The van der Waals surface area contributed by atoms with Crippen LogP contribution in [0.2, 0.25) is 0 Å². The number of amidine groups is 1. The van der Waals surface area contributed by atoms with Crippen LogP contribution in [0.5, 0.6) is 0 Å². The lowest BCUT2D eigenvalue weighted by Gasteiger charge is -2.42. The first kappa shape index (κ1) is 26.5. The van der Waals surface area contributed by atoms with Gasteiger partial charge in [-0.05, 0) is 37.0 Å². The first-order valence-electron chi connectivity index (χ1n) is 13.1. The summed E-state index contributed by atoms with van der Waals surface area (Å²) < 4.78 is 33.8. The van der Waals surface area contributed by atoms with Crippen LogP contribution in [-0.4, -0.2) is 95.2 Å². The molecular weight excluding hydrogens is 542 g/mol. The first-order valence-corrected chi connectivity index (χ1v) is 14.0. The molecule has 4 heterocycles. The number of nitrogens with zero attached hydrogens (tertiary/aromatic N) is 5. The predicted octanol–water partition coefficient (Wildman–Crippen LogP) is 2.40. The predicted molar refractivity (Wildman–Crippen MR) is 142 cm³/mol. The van der Waals surface area contributed by atoms with Gasteiger partial charge in [-0.25, -0.2) is 23.4 Å². The van der Waals surface area contributed by atoms with Crippen molar-refractivity contribution in [3.63, 3.8) is 0 Å². The zero-order valence-corrected chi connectivity index (χ0v) is 22.8. The number of hydrogen-bond acceptors (Lipinski definition) is 9. The average molecular weight is 571 g/mol. The normalized spacial score (nSPS) is 25.1. The molecule has 1 saturated carbocycles. The molecule has 3 atom stereocenters. The molecule has 1 aromatic carbocycles. The summed E-state index contributed by atoms with van der Waals surface area (Å²) in [6.07, 6.45) is 4.43. The average Bonchev–Trinajstić information content (AvgIpc) is 3.53. The van der Waals surface area contributed by atoms with E-state index in [1.807, 2.05) is 9.80 Å². The molecule has 0 radical (unpaired) electrons. The van der Waals surface area contributed by atoms with E-state index in [0.29, 0.717) is 41.7 Å². The lowest BCUT2D eigenvalue weighted by atomic mass is 9.91. The second-order valence-corrected chi connectivity index (χ2v) is 11.2. The van der Waals surface area contributed by atoms with E-state index in [2.05, 4.69) is 10.3 Å². The van der Waals surface area contributed by atoms with Gasteiger partial charge in [0.15, 0.2) is 22.5 Å². The van der Waals surface area contributed by atoms with Gasteiger partial charge in [0.05, 0.1) is 24.8 Å². The molecule has 2 aromatic rings. The van der Waals surface area contributed by atoms with Crippen LogP contribution in [0, 0.1) is 18.6 Å². The summed E-state index contributed by atoms with van der Waals surface area (Å²) in [6.45, 7) is 2.90. The maximum Gasteiger partial charge on any atom is 0.338 e. The molecule has 2 saturated heterocycles. The van der Waals surface area contributed by atoms with Crippen LogP contribution in [-0.2, 0) is 14.3 Å². The minimum atomic E-state index is -1.02. The van der Waals surface area contributed by atoms with Crippen molar-refractivity contribution in [2.24, 2.45) is 4.99 Å². The number of carbonyl (C=O) groups excluding carboxylic acids is 3. The van der Waals surface area contributed by atoms with E-state index >= 15 is 0 Å². The van der Waals surface area contributed by atoms with E-state index in [0.717, 1.165) is 25.2 Å². The highest BCUT2D eigenvalue weighted by Crippen LogP contribution is 2.37. The fourth-order valence-corrected chi connectivity index (χ4v) is 6.42. The van der Waals surface area contributed by atoms with Gasteiger partial charge in [0.2, 0.25) is 0 Å². The van der Waals surface area contributed by atoms with Gasteiger partial charge >= 0.3 is 12.0 Å². The summed E-state index contributed by atoms with van der Waals surface area (Å²) in [5.41, 5.74) is 0.889. The van der Waals surface area contributed by atoms with Gasteiger partial charge < -0.3 is 24.6 Å². The third-order valence-corrected chi connectivity index (χ3v) is 8.83.